The van der Waals surface area contributed by atoms with Crippen LogP contribution in [0.2, 0.25) is 0 Å². The van der Waals surface area contributed by atoms with Gasteiger partial charge in [-0.25, -0.2) is 8.42 Å². The molecular formula is C15H20N2O4S. The van der Waals surface area contributed by atoms with Crippen molar-refractivity contribution in [3.8, 4) is 0 Å². The maximum atomic E-state index is 12.6. The molecule has 1 unspecified atom stereocenters. The summed E-state index contributed by atoms with van der Waals surface area (Å²) in [6.07, 6.45) is 0.492. The second-order valence-electron chi connectivity index (χ2n) is 5.41. The summed E-state index contributed by atoms with van der Waals surface area (Å²) < 4.78 is 23.2. The minimum Gasteiger partial charge on any atom is -0.335 e. The molecule has 1 atom stereocenters. The second kappa shape index (κ2) is 6.48. The first-order valence-electron chi connectivity index (χ1n) is 7.21. The number of sulfone groups is 1. The molecule has 1 aromatic rings. The highest BCUT2D eigenvalue weighted by molar-refractivity contribution is 7.91. The molecule has 1 saturated heterocycles. The standard InChI is InChI=1S/C15H20N2O4S/c1-3-17(14-8-9-22(20,21)10-14)15(19)12-4-6-13(7-5-12)16-11(2)18/h4-7,14H,3,8-10H2,1-2H3,(H,16,18). The Morgan fingerprint density at radius 3 is 2.36 bits per heavy atom. The van der Waals surface area contributed by atoms with E-state index < -0.39 is 9.84 Å². The van der Waals surface area contributed by atoms with E-state index in [1.807, 2.05) is 6.92 Å². The van der Waals surface area contributed by atoms with Gasteiger partial charge in [0.25, 0.3) is 5.91 Å². The molecule has 6 nitrogen and oxygen atoms in total. The fraction of sp³-hybridized carbons (Fsp3) is 0.467. The van der Waals surface area contributed by atoms with Crippen molar-refractivity contribution in [3.63, 3.8) is 0 Å². The topological polar surface area (TPSA) is 83.6 Å². The van der Waals surface area contributed by atoms with Crippen LogP contribution >= 0.6 is 0 Å². The van der Waals surface area contributed by atoms with Crippen LogP contribution in [0.1, 0.15) is 30.6 Å². The number of nitrogens with one attached hydrogen (secondary N) is 1. The van der Waals surface area contributed by atoms with E-state index in [4.69, 9.17) is 0 Å². The van der Waals surface area contributed by atoms with Gasteiger partial charge >= 0.3 is 0 Å². The molecule has 1 heterocycles. The molecule has 0 saturated carbocycles. The Balaban J connectivity index is 2.13. The first kappa shape index (κ1) is 16.5. The van der Waals surface area contributed by atoms with Gasteiger partial charge < -0.3 is 10.2 Å². The zero-order chi connectivity index (χ0) is 16.3. The number of amides is 2. The summed E-state index contributed by atoms with van der Waals surface area (Å²) in [6.45, 7) is 3.72. The average molecular weight is 324 g/mol. The average Bonchev–Trinajstić information content (AvgIpc) is 2.80. The van der Waals surface area contributed by atoms with Crippen molar-refractivity contribution in [1.29, 1.82) is 0 Å². The Labute approximate surface area is 130 Å². The van der Waals surface area contributed by atoms with Crippen LogP contribution in [0.3, 0.4) is 0 Å². The number of carbonyl (C=O) groups excluding carboxylic acids is 2. The molecule has 2 amide bonds. The monoisotopic (exact) mass is 324 g/mol. The molecule has 1 aliphatic heterocycles. The Morgan fingerprint density at radius 1 is 1.27 bits per heavy atom. The lowest BCUT2D eigenvalue weighted by Crippen LogP contribution is -2.40. The van der Waals surface area contributed by atoms with E-state index in [-0.39, 0.29) is 29.4 Å². The summed E-state index contributed by atoms with van der Waals surface area (Å²) in [6, 6.07) is 6.35. The molecule has 7 heteroatoms. The van der Waals surface area contributed by atoms with Crippen LogP contribution in [-0.4, -0.2) is 49.2 Å². The minimum absolute atomic E-state index is 0.0382. The van der Waals surface area contributed by atoms with Gasteiger partial charge in [-0.15, -0.1) is 0 Å². The maximum absolute atomic E-state index is 12.6. The van der Waals surface area contributed by atoms with E-state index in [1.54, 1.807) is 29.2 Å². The maximum Gasteiger partial charge on any atom is 0.254 e. The molecule has 1 N–H and O–H groups in total. The van der Waals surface area contributed by atoms with E-state index in [9.17, 15) is 18.0 Å². The number of hydrogen-bond donors (Lipinski definition) is 1. The third-order valence-corrected chi connectivity index (χ3v) is 5.45. The smallest absolute Gasteiger partial charge is 0.254 e. The Kier molecular flexibility index (Phi) is 4.85. The van der Waals surface area contributed by atoms with Crippen molar-refractivity contribution in [1.82, 2.24) is 4.90 Å². The van der Waals surface area contributed by atoms with E-state index >= 15 is 0 Å². The molecule has 120 valence electrons. The Bertz CT molecular complexity index is 667. The van der Waals surface area contributed by atoms with E-state index in [2.05, 4.69) is 5.32 Å². The van der Waals surface area contributed by atoms with Crippen molar-refractivity contribution < 1.29 is 18.0 Å². The molecule has 0 aliphatic carbocycles. The van der Waals surface area contributed by atoms with Crippen LogP contribution in [0.5, 0.6) is 0 Å². The van der Waals surface area contributed by atoms with Crippen LogP contribution in [-0.2, 0) is 14.6 Å². The van der Waals surface area contributed by atoms with E-state index in [1.165, 1.54) is 6.92 Å². The summed E-state index contributed by atoms with van der Waals surface area (Å²) in [5, 5.41) is 2.64. The van der Waals surface area contributed by atoms with Crippen molar-refractivity contribution in [3.05, 3.63) is 29.8 Å². The lowest BCUT2D eigenvalue weighted by atomic mass is 10.1. The highest BCUT2D eigenvalue weighted by Gasteiger charge is 2.34. The third kappa shape index (κ3) is 3.85. The van der Waals surface area contributed by atoms with E-state index in [0.29, 0.717) is 24.2 Å². The lowest BCUT2D eigenvalue weighted by Gasteiger charge is -2.27. The zero-order valence-corrected chi connectivity index (χ0v) is 13.5. The number of carbonyl (C=O) groups is 2. The first-order chi connectivity index (χ1) is 10.3. The SMILES string of the molecule is CCN(C(=O)c1ccc(NC(C)=O)cc1)C1CCS(=O)(=O)C1. The molecule has 1 fully saturated rings. The fourth-order valence-corrected chi connectivity index (χ4v) is 4.38. The van der Waals surface area contributed by atoms with Gasteiger partial charge in [-0.1, -0.05) is 0 Å². The van der Waals surface area contributed by atoms with Crippen LogP contribution in [0.15, 0.2) is 24.3 Å². The summed E-state index contributed by atoms with van der Waals surface area (Å²) in [5.41, 5.74) is 1.11. The second-order valence-corrected chi connectivity index (χ2v) is 7.64. The highest BCUT2D eigenvalue weighted by Crippen LogP contribution is 2.20. The third-order valence-electron chi connectivity index (χ3n) is 3.70. The number of anilines is 1. The molecule has 0 spiro atoms. The summed E-state index contributed by atoms with van der Waals surface area (Å²) in [7, 11) is -3.03. The fourth-order valence-electron chi connectivity index (χ4n) is 2.65. The molecule has 0 radical (unpaired) electrons. The molecular weight excluding hydrogens is 304 g/mol. The van der Waals surface area contributed by atoms with Crippen molar-refractivity contribution in [2.24, 2.45) is 0 Å². The summed E-state index contributed by atoms with van der Waals surface area (Å²) in [4.78, 5) is 25.1. The largest absolute Gasteiger partial charge is 0.335 e. The van der Waals surface area contributed by atoms with Crippen LogP contribution in [0.25, 0.3) is 0 Å². The summed E-state index contributed by atoms with van der Waals surface area (Å²) >= 11 is 0. The highest BCUT2D eigenvalue weighted by atomic mass is 32.2. The summed E-state index contributed by atoms with van der Waals surface area (Å²) in [5.74, 6) is -0.177. The van der Waals surface area contributed by atoms with Gasteiger partial charge in [0.15, 0.2) is 9.84 Å². The predicted molar refractivity (Wildman–Crippen MR) is 84.5 cm³/mol. The zero-order valence-electron chi connectivity index (χ0n) is 12.7. The lowest BCUT2D eigenvalue weighted by molar-refractivity contribution is -0.114. The molecule has 0 aromatic heterocycles. The van der Waals surface area contributed by atoms with Crippen LogP contribution in [0.4, 0.5) is 5.69 Å². The van der Waals surface area contributed by atoms with Gasteiger partial charge in [0, 0.05) is 30.8 Å². The molecule has 1 aliphatic rings. The molecule has 1 aromatic carbocycles. The number of nitrogens with zero attached hydrogens (tertiary/aromatic N) is 1. The number of rotatable bonds is 4. The van der Waals surface area contributed by atoms with Gasteiger partial charge in [-0.3, -0.25) is 9.59 Å². The number of benzene rings is 1. The van der Waals surface area contributed by atoms with Gasteiger partial charge in [0.1, 0.15) is 0 Å². The van der Waals surface area contributed by atoms with Crippen LogP contribution in [0, 0.1) is 0 Å². The van der Waals surface area contributed by atoms with Gasteiger partial charge in [0.05, 0.1) is 11.5 Å². The minimum atomic E-state index is -3.03. The Morgan fingerprint density at radius 2 is 1.91 bits per heavy atom. The van der Waals surface area contributed by atoms with Crippen molar-refractivity contribution >= 4 is 27.3 Å². The van der Waals surface area contributed by atoms with Crippen molar-refractivity contribution in [2.75, 3.05) is 23.4 Å². The van der Waals surface area contributed by atoms with Crippen molar-refractivity contribution in [2.45, 2.75) is 26.3 Å². The van der Waals surface area contributed by atoms with E-state index in [0.717, 1.165) is 0 Å². The van der Waals surface area contributed by atoms with Crippen LogP contribution < -0.4 is 5.32 Å². The Hall–Kier alpha value is -1.89. The number of hydrogen-bond acceptors (Lipinski definition) is 4. The molecule has 0 bridgehead atoms. The van der Waals surface area contributed by atoms with Gasteiger partial charge in [-0.2, -0.15) is 0 Å². The normalized spacial score (nSPS) is 19.6. The molecule has 22 heavy (non-hydrogen) atoms. The first-order valence-corrected chi connectivity index (χ1v) is 9.03. The van der Waals surface area contributed by atoms with Gasteiger partial charge in [-0.05, 0) is 37.6 Å². The van der Waals surface area contributed by atoms with Gasteiger partial charge in [0.2, 0.25) is 5.91 Å². The quantitative estimate of drug-likeness (QED) is 0.905. The predicted octanol–water partition coefficient (Wildman–Crippen LogP) is 1.29. The molecule has 2 rings (SSSR count).